The summed E-state index contributed by atoms with van der Waals surface area (Å²) in [6.45, 7) is 0. The molecule has 0 radical (unpaired) electrons. The lowest BCUT2D eigenvalue weighted by atomic mass is 9.69. The van der Waals surface area contributed by atoms with Crippen molar-refractivity contribution in [2.45, 2.75) is 44.9 Å². The van der Waals surface area contributed by atoms with E-state index in [1.807, 2.05) is 30.3 Å². The summed E-state index contributed by atoms with van der Waals surface area (Å²) in [6.07, 6.45) is 9.02. The first-order valence-corrected chi connectivity index (χ1v) is 10.9. The van der Waals surface area contributed by atoms with Crippen LogP contribution in [0, 0.1) is 40.9 Å². The van der Waals surface area contributed by atoms with Crippen molar-refractivity contribution < 1.29 is 9.59 Å². The Bertz CT molecular complexity index is 862. The minimum atomic E-state index is -0.0705. The summed E-state index contributed by atoms with van der Waals surface area (Å²) in [5, 5.41) is 0. The molecule has 1 aliphatic heterocycles. The summed E-state index contributed by atoms with van der Waals surface area (Å²) < 4.78 is 0. The molecule has 5 aliphatic carbocycles. The third-order valence-electron chi connectivity index (χ3n) is 9.22. The van der Waals surface area contributed by atoms with E-state index in [2.05, 4.69) is 0 Å². The summed E-state index contributed by atoms with van der Waals surface area (Å²) in [6, 6.07) is 9.62. The summed E-state index contributed by atoms with van der Waals surface area (Å²) in [4.78, 5) is 28.8. The number of para-hydroxylation sites is 1. The number of carbonyl (C=O) groups excluding carboxylic acids is 2. The fourth-order valence-electron chi connectivity index (χ4n) is 8.70. The Labute approximate surface area is 159 Å². The zero-order valence-corrected chi connectivity index (χ0v) is 15.6. The zero-order chi connectivity index (χ0) is 17.9. The first-order valence-electron chi connectivity index (χ1n) is 10.9. The molecule has 1 spiro atoms. The fraction of sp³-hybridized carbons (Fsp3) is 0.583. The lowest BCUT2D eigenvalue weighted by molar-refractivity contribution is -0.124. The molecule has 0 N–H and O–H groups in total. The molecule has 0 aromatic heterocycles. The maximum absolute atomic E-state index is 13.6. The van der Waals surface area contributed by atoms with Crippen LogP contribution in [0.3, 0.4) is 0 Å². The third kappa shape index (κ3) is 1.52. The van der Waals surface area contributed by atoms with E-state index >= 15 is 0 Å². The van der Waals surface area contributed by atoms with Crippen molar-refractivity contribution in [3.63, 3.8) is 0 Å². The monoisotopic (exact) mass is 359 g/mol. The molecule has 1 aromatic carbocycles. The van der Waals surface area contributed by atoms with Crippen LogP contribution >= 0.6 is 0 Å². The van der Waals surface area contributed by atoms with Gasteiger partial charge in [0.2, 0.25) is 11.8 Å². The molecule has 1 heterocycles. The molecule has 3 saturated carbocycles. The number of hydrogen-bond acceptors (Lipinski definition) is 2. The Morgan fingerprint density at radius 1 is 0.815 bits per heavy atom. The lowest BCUT2D eigenvalue weighted by Crippen LogP contribution is -2.38. The zero-order valence-electron chi connectivity index (χ0n) is 15.6. The highest BCUT2D eigenvalue weighted by Gasteiger charge is 2.76. The van der Waals surface area contributed by atoms with Gasteiger partial charge in [-0.2, -0.15) is 0 Å². The van der Waals surface area contributed by atoms with Crippen LogP contribution in [0.25, 0.3) is 0 Å². The van der Waals surface area contributed by atoms with Crippen molar-refractivity contribution >= 4 is 17.5 Å². The van der Waals surface area contributed by atoms with Gasteiger partial charge in [0.25, 0.3) is 0 Å². The van der Waals surface area contributed by atoms with Crippen molar-refractivity contribution in [2.24, 2.45) is 40.9 Å². The SMILES string of the molecule is O=C1[C@@H]2[C@H](C(=O)N1c1ccccc1)[C@H]1C3=C([C@H]4CC[C@H]3C4)[C@H]2C12CCCC2. The standard InChI is InChI=1S/C24H25NO2/c26-22-18-19(23(27)25(22)15-6-2-1-3-7-15)21-17-14-9-8-13(12-14)16(17)20(18)24(21)10-4-5-11-24/h1-3,6-7,13-14,18-21H,4-5,8-12H2/t13-,14-,18-,19+,20+,21+/m0/s1. The third-order valence-corrected chi connectivity index (χ3v) is 9.22. The maximum atomic E-state index is 13.6. The van der Waals surface area contributed by atoms with E-state index in [1.165, 1.54) is 44.9 Å². The van der Waals surface area contributed by atoms with E-state index in [9.17, 15) is 9.59 Å². The van der Waals surface area contributed by atoms with Gasteiger partial charge in [-0.05, 0) is 73.3 Å². The van der Waals surface area contributed by atoms with E-state index in [0.717, 1.165) is 17.5 Å². The number of rotatable bonds is 1. The van der Waals surface area contributed by atoms with Gasteiger partial charge in [-0.15, -0.1) is 0 Å². The van der Waals surface area contributed by atoms with Crippen LogP contribution < -0.4 is 4.90 Å². The fourth-order valence-corrected chi connectivity index (χ4v) is 8.70. The van der Waals surface area contributed by atoms with Gasteiger partial charge in [-0.25, -0.2) is 0 Å². The molecule has 3 nitrogen and oxygen atoms in total. The Morgan fingerprint density at radius 2 is 1.37 bits per heavy atom. The Morgan fingerprint density at radius 3 is 1.93 bits per heavy atom. The van der Waals surface area contributed by atoms with Gasteiger partial charge >= 0.3 is 0 Å². The molecule has 1 aromatic rings. The smallest absolute Gasteiger partial charge is 0.238 e. The number of hydrogen-bond donors (Lipinski definition) is 0. The topological polar surface area (TPSA) is 37.4 Å². The highest BCUT2D eigenvalue weighted by atomic mass is 16.2. The maximum Gasteiger partial charge on any atom is 0.238 e. The highest BCUT2D eigenvalue weighted by molar-refractivity contribution is 6.23. The molecule has 6 aliphatic rings. The minimum absolute atomic E-state index is 0.0705. The second kappa shape index (κ2) is 4.74. The number of carbonyl (C=O) groups is 2. The quantitative estimate of drug-likeness (QED) is 0.552. The van der Waals surface area contributed by atoms with E-state index in [1.54, 1.807) is 16.0 Å². The van der Waals surface area contributed by atoms with E-state index < -0.39 is 0 Å². The summed E-state index contributed by atoms with van der Waals surface area (Å²) in [5.74, 6) is 2.28. The van der Waals surface area contributed by atoms with E-state index in [4.69, 9.17) is 0 Å². The minimum Gasteiger partial charge on any atom is -0.274 e. The van der Waals surface area contributed by atoms with E-state index in [-0.39, 0.29) is 29.1 Å². The molecule has 4 fully saturated rings. The first kappa shape index (κ1) is 15.1. The molecule has 7 rings (SSSR count). The van der Waals surface area contributed by atoms with Crippen LogP contribution in [-0.2, 0) is 9.59 Å². The molecule has 6 atom stereocenters. The summed E-state index contributed by atoms with van der Waals surface area (Å²) >= 11 is 0. The van der Waals surface area contributed by atoms with Crippen LogP contribution in [0.5, 0.6) is 0 Å². The van der Waals surface area contributed by atoms with Crippen LogP contribution in [0.15, 0.2) is 41.5 Å². The largest absolute Gasteiger partial charge is 0.274 e. The van der Waals surface area contributed by atoms with Crippen LogP contribution in [0.2, 0.25) is 0 Å². The van der Waals surface area contributed by atoms with Gasteiger partial charge < -0.3 is 0 Å². The summed E-state index contributed by atoms with van der Waals surface area (Å²) in [7, 11) is 0. The van der Waals surface area contributed by atoms with Crippen LogP contribution in [-0.4, -0.2) is 11.8 Å². The number of allylic oxidation sites excluding steroid dienone is 2. The second-order valence-corrected chi connectivity index (χ2v) is 9.91. The molecule has 1 saturated heterocycles. The van der Waals surface area contributed by atoms with Crippen molar-refractivity contribution in [3.05, 3.63) is 41.5 Å². The molecule has 0 unspecified atom stereocenters. The van der Waals surface area contributed by atoms with Crippen LogP contribution in [0.1, 0.15) is 44.9 Å². The van der Waals surface area contributed by atoms with Crippen molar-refractivity contribution in [1.29, 1.82) is 0 Å². The lowest BCUT2D eigenvalue weighted by Gasteiger charge is -2.36. The molecule has 138 valence electrons. The van der Waals surface area contributed by atoms with Gasteiger partial charge in [0.15, 0.2) is 0 Å². The average Bonchev–Trinajstić information content (AvgIpc) is 3.51. The molecule has 27 heavy (non-hydrogen) atoms. The van der Waals surface area contributed by atoms with Crippen molar-refractivity contribution in [3.8, 4) is 0 Å². The predicted molar refractivity (Wildman–Crippen MR) is 102 cm³/mol. The molecular formula is C24H25NO2. The number of amides is 2. The van der Waals surface area contributed by atoms with Gasteiger partial charge in [0, 0.05) is 0 Å². The number of nitrogens with zero attached hydrogens (tertiary/aromatic N) is 1. The average molecular weight is 359 g/mol. The summed E-state index contributed by atoms with van der Waals surface area (Å²) in [5.41, 5.74) is 4.41. The molecule has 2 amide bonds. The number of anilines is 1. The first-order chi connectivity index (χ1) is 13.2. The molecule has 4 bridgehead atoms. The van der Waals surface area contributed by atoms with Crippen LogP contribution in [0.4, 0.5) is 5.69 Å². The van der Waals surface area contributed by atoms with Gasteiger partial charge in [0.1, 0.15) is 0 Å². The molecule has 3 heteroatoms. The Hall–Kier alpha value is -1.90. The number of benzene rings is 1. The number of imide groups is 1. The van der Waals surface area contributed by atoms with Crippen molar-refractivity contribution in [1.82, 2.24) is 0 Å². The predicted octanol–water partition coefficient (Wildman–Crippen LogP) is 4.34. The van der Waals surface area contributed by atoms with Gasteiger partial charge in [0.05, 0.1) is 17.5 Å². The molecular weight excluding hydrogens is 334 g/mol. The second-order valence-electron chi connectivity index (χ2n) is 9.91. The van der Waals surface area contributed by atoms with Gasteiger partial charge in [-0.3, -0.25) is 14.5 Å². The number of fused-ring (bicyclic) bond motifs is 9. The van der Waals surface area contributed by atoms with E-state index in [0.29, 0.717) is 11.8 Å². The highest BCUT2D eigenvalue weighted by Crippen LogP contribution is 2.78. The van der Waals surface area contributed by atoms with Gasteiger partial charge in [-0.1, -0.05) is 42.2 Å². The Balaban J connectivity index is 1.39. The van der Waals surface area contributed by atoms with Crippen molar-refractivity contribution in [2.75, 3.05) is 4.90 Å². The Kier molecular flexibility index (Phi) is 2.64. The normalized spacial score (nSPS) is 42.7.